The van der Waals surface area contributed by atoms with Crippen LogP contribution in [0.4, 0.5) is 9.18 Å². The predicted molar refractivity (Wildman–Crippen MR) is 73.9 cm³/mol. The number of carbonyl (C=O) groups is 1. The highest BCUT2D eigenvalue weighted by Crippen LogP contribution is 2.32. The van der Waals surface area contributed by atoms with Gasteiger partial charge in [0.15, 0.2) is 0 Å². The Bertz CT molecular complexity index is 590. The molecule has 0 fully saturated rings. The lowest BCUT2D eigenvalue weighted by molar-refractivity contribution is 0.182. The van der Waals surface area contributed by atoms with Gasteiger partial charge in [-0.3, -0.25) is 0 Å². The molecule has 2 N–H and O–H groups in total. The molecule has 0 atom stereocenters. The summed E-state index contributed by atoms with van der Waals surface area (Å²) in [5.74, 6) is -0.270. The third-order valence-corrected chi connectivity index (χ3v) is 3.85. The summed E-state index contributed by atoms with van der Waals surface area (Å²) in [5.41, 5.74) is 1.16. The van der Waals surface area contributed by atoms with E-state index in [2.05, 4.69) is 5.32 Å². The van der Waals surface area contributed by atoms with Gasteiger partial charge in [0.25, 0.3) is 0 Å². The summed E-state index contributed by atoms with van der Waals surface area (Å²) in [6, 6.07) is 8.17. The molecule has 5 heteroatoms. The fourth-order valence-electron chi connectivity index (χ4n) is 1.77. The van der Waals surface area contributed by atoms with Crippen LogP contribution in [0, 0.1) is 5.82 Å². The van der Waals surface area contributed by atoms with Crippen molar-refractivity contribution in [3.05, 3.63) is 47.1 Å². The molecule has 100 valence electrons. The minimum absolute atomic E-state index is 0.270. The second-order valence-electron chi connectivity index (χ2n) is 4.76. The topological polar surface area (TPSA) is 49.3 Å². The first-order valence-corrected chi connectivity index (χ1v) is 6.62. The molecule has 0 aliphatic heterocycles. The minimum atomic E-state index is -1.06. The Morgan fingerprint density at radius 1 is 1.32 bits per heavy atom. The molecule has 0 saturated heterocycles. The number of thiophene rings is 1. The van der Waals surface area contributed by atoms with E-state index in [1.165, 1.54) is 23.5 Å². The van der Waals surface area contributed by atoms with Crippen LogP contribution in [0.2, 0.25) is 0 Å². The van der Waals surface area contributed by atoms with Gasteiger partial charge in [0.05, 0.1) is 5.54 Å². The van der Waals surface area contributed by atoms with Gasteiger partial charge >= 0.3 is 6.09 Å². The van der Waals surface area contributed by atoms with E-state index in [-0.39, 0.29) is 5.82 Å². The van der Waals surface area contributed by atoms with Gasteiger partial charge in [-0.05, 0) is 48.6 Å². The molecule has 0 radical (unpaired) electrons. The molecular weight excluding hydrogens is 265 g/mol. The highest BCUT2D eigenvalue weighted by Gasteiger charge is 2.24. The van der Waals surface area contributed by atoms with Gasteiger partial charge in [0.1, 0.15) is 5.82 Å². The van der Waals surface area contributed by atoms with Crippen molar-refractivity contribution in [1.29, 1.82) is 0 Å². The molecule has 0 unspecified atom stereocenters. The van der Waals surface area contributed by atoms with Gasteiger partial charge < -0.3 is 10.4 Å². The molecule has 1 heterocycles. The van der Waals surface area contributed by atoms with E-state index in [0.29, 0.717) is 0 Å². The Hall–Kier alpha value is -1.88. The molecule has 2 rings (SSSR count). The molecule has 1 aromatic heterocycles. The molecular formula is C14H14FNO2S. The second-order valence-corrected chi connectivity index (χ2v) is 5.67. The monoisotopic (exact) mass is 279 g/mol. The van der Waals surface area contributed by atoms with Gasteiger partial charge in [0.2, 0.25) is 0 Å². The zero-order valence-corrected chi connectivity index (χ0v) is 11.4. The highest BCUT2D eigenvalue weighted by molar-refractivity contribution is 7.13. The third kappa shape index (κ3) is 3.12. The van der Waals surface area contributed by atoms with Crippen molar-refractivity contribution < 1.29 is 14.3 Å². The van der Waals surface area contributed by atoms with Crippen LogP contribution in [0.1, 0.15) is 19.4 Å². The van der Waals surface area contributed by atoms with Gasteiger partial charge in [-0.25, -0.2) is 9.18 Å². The Labute approximate surface area is 114 Å². The number of amides is 1. The Balaban J connectivity index is 2.28. The first-order chi connectivity index (χ1) is 8.88. The number of halogens is 1. The quantitative estimate of drug-likeness (QED) is 0.890. The summed E-state index contributed by atoms with van der Waals surface area (Å²) in [5, 5.41) is 13.2. The number of nitrogens with one attached hydrogen (secondary N) is 1. The lowest BCUT2D eigenvalue weighted by Crippen LogP contribution is -2.39. The summed E-state index contributed by atoms with van der Waals surface area (Å²) in [7, 11) is 0. The molecule has 0 spiro atoms. The van der Waals surface area contributed by atoms with Crippen LogP contribution in [0.5, 0.6) is 0 Å². The van der Waals surface area contributed by atoms with Gasteiger partial charge in [0, 0.05) is 4.88 Å². The van der Waals surface area contributed by atoms with E-state index < -0.39 is 11.6 Å². The smallest absolute Gasteiger partial charge is 0.405 e. The predicted octanol–water partition coefficient (Wildman–Crippen LogP) is 4.06. The maximum Gasteiger partial charge on any atom is 0.405 e. The van der Waals surface area contributed by atoms with Crippen molar-refractivity contribution in [2.75, 3.05) is 0 Å². The van der Waals surface area contributed by atoms with E-state index in [4.69, 9.17) is 5.11 Å². The van der Waals surface area contributed by atoms with Crippen molar-refractivity contribution in [3.8, 4) is 10.4 Å². The van der Waals surface area contributed by atoms with Crippen LogP contribution in [-0.4, -0.2) is 11.2 Å². The number of benzene rings is 1. The maximum absolute atomic E-state index is 12.9. The SMILES string of the molecule is CC(C)(NC(=O)O)c1csc(-c2ccc(F)cc2)c1. The highest BCUT2D eigenvalue weighted by atomic mass is 32.1. The first-order valence-electron chi connectivity index (χ1n) is 5.74. The van der Waals surface area contributed by atoms with Gasteiger partial charge in [-0.15, -0.1) is 11.3 Å². The van der Waals surface area contributed by atoms with Gasteiger partial charge in [-0.1, -0.05) is 12.1 Å². The van der Waals surface area contributed by atoms with Crippen LogP contribution in [0.3, 0.4) is 0 Å². The fraction of sp³-hybridized carbons (Fsp3) is 0.214. The minimum Gasteiger partial charge on any atom is -0.465 e. The molecule has 0 bridgehead atoms. The van der Waals surface area contributed by atoms with Crippen molar-refractivity contribution in [1.82, 2.24) is 5.32 Å². The molecule has 2 aromatic rings. The summed E-state index contributed by atoms with van der Waals surface area (Å²) >= 11 is 1.51. The maximum atomic E-state index is 12.9. The second kappa shape index (κ2) is 5.01. The zero-order valence-electron chi connectivity index (χ0n) is 10.6. The number of rotatable bonds is 3. The average molecular weight is 279 g/mol. The van der Waals surface area contributed by atoms with Crippen molar-refractivity contribution in [3.63, 3.8) is 0 Å². The largest absolute Gasteiger partial charge is 0.465 e. The molecule has 0 aliphatic carbocycles. The summed E-state index contributed by atoms with van der Waals surface area (Å²) in [4.78, 5) is 11.7. The third-order valence-electron chi connectivity index (χ3n) is 2.87. The lowest BCUT2D eigenvalue weighted by atomic mass is 9.96. The Morgan fingerprint density at radius 2 is 1.95 bits per heavy atom. The Morgan fingerprint density at radius 3 is 2.53 bits per heavy atom. The van der Waals surface area contributed by atoms with Crippen LogP contribution in [0.25, 0.3) is 10.4 Å². The van der Waals surface area contributed by atoms with Crippen LogP contribution in [0.15, 0.2) is 35.7 Å². The summed E-state index contributed by atoms with van der Waals surface area (Å²) < 4.78 is 12.9. The molecule has 0 aliphatic rings. The van der Waals surface area contributed by atoms with E-state index in [1.807, 2.05) is 11.4 Å². The van der Waals surface area contributed by atoms with Crippen molar-refractivity contribution in [2.24, 2.45) is 0 Å². The van der Waals surface area contributed by atoms with E-state index >= 15 is 0 Å². The summed E-state index contributed by atoms with van der Waals surface area (Å²) in [6.07, 6.45) is -1.06. The lowest BCUT2D eigenvalue weighted by Gasteiger charge is -2.23. The molecule has 19 heavy (non-hydrogen) atoms. The van der Waals surface area contributed by atoms with Gasteiger partial charge in [-0.2, -0.15) is 0 Å². The molecule has 0 saturated carbocycles. The Kier molecular flexibility index (Phi) is 3.57. The van der Waals surface area contributed by atoms with E-state index in [1.54, 1.807) is 26.0 Å². The van der Waals surface area contributed by atoms with E-state index in [9.17, 15) is 9.18 Å². The number of hydrogen-bond donors (Lipinski definition) is 2. The molecule has 1 amide bonds. The number of carboxylic acid groups (broad SMARTS) is 1. The van der Waals surface area contributed by atoms with E-state index in [0.717, 1.165) is 16.0 Å². The van der Waals surface area contributed by atoms with Crippen LogP contribution in [-0.2, 0) is 5.54 Å². The molecule has 3 nitrogen and oxygen atoms in total. The summed E-state index contributed by atoms with van der Waals surface area (Å²) in [6.45, 7) is 3.61. The normalized spacial score (nSPS) is 11.3. The van der Waals surface area contributed by atoms with Crippen LogP contribution >= 0.6 is 11.3 Å². The fourth-order valence-corrected chi connectivity index (χ4v) is 2.85. The van der Waals surface area contributed by atoms with Crippen molar-refractivity contribution in [2.45, 2.75) is 19.4 Å². The first kappa shape index (κ1) is 13.5. The van der Waals surface area contributed by atoms with Crippen molar-refractivity contribution >= 4 is 17.4 Å². The van der Waals surface area contributed by atoms with Crippen LogP contribution < -0.4 is 5.32 Å². The standard InChI is InChI=1S/C14H14FNO2S/c1-14(2,16-13(17)18)10-7-12(19-8-10)9-3-5-11(15)6-4-9/h3-8,16H,1-2H3,(H,17,18). The molecule has 1 aromatic carbocycles. The average Bonchev–Trinajstić information content (AvgIpc) is 2.78. The zero-order chi connectivity index (χ0) is 14.0. The number of hydrogen-bond acceptors (Lipinski definition) is 2.